The molecule has 0 bridgehead atoms. The van der Waals surface area contributed by atoms with Gasteiger partial charge in [-0.05, 0) is 156 Å². The molecular formula is C106H138Y2-4. The van der Waals surface area contributed by atoms with Crippen molar-refractivity contribution in [1.29, 1.82) is 0 Å². The maximum atomic E-state index is 3.24. The Kier molecular flexibility index (Phi) is 63.8. The number of rotatable bonds is 2. The van der Waals surface area contributed by atoms with Gasteiger partial charge >= 0.3 is 0 Å². The minimum atomic E-state index is 0. The summed E-state index contributed by atoms with van der Waals surface area (Å²) in [4.78, 5) is 0. The zero-order valence-corrected chi connectivity index (χ0v) is 79.1. The quantitative estimate of drug-likeness (QED) is 0.120. The van der Waals surface area contributed by atoms with E-state index in [4.69, 9.17) is 0 Å². The van der Waals surface area contributed by atoms with Gasteiger partial charge in [0.05, 0.1) is 0 Å². The summed E-state index contributed by atoms with van der Waals surface area (Å²) in [6.45, 7) is 65.8. The molecule has 0 saturated carbocycles. The first-order valence-electron chi connectivity index (χ1n) is 39.6. The molecule has 2 radical (unpaired) electrons. The van der Waals surface area contributed by atoms with E-state index in [-0.39, 0.29) is 65.4 Å². The molecule has 572 valence electrons. The van der Waals surface area contributed by atoms with Crippen molar-refractivity contribution in [3.05, 3.63) is 357 Å². The van der Waals surface area contributed by atoms with Crippen molar-refractivity contribution in [3.63, 3.8) is 0 Å². The average molecular weight is 1590 g/mol. The number of aryl methyl sites for hydroxylation is 14. The molecule has 0 N–H and O–H groups in total. The minimum absolute atomic E-state index is 0. The van der Waals surface area contributed by atoms with Gasteiger partial charge in [0.1, 0.15) is 0 Å². The van der Waals surface area contributed by atoms with Crippen molar-refractivity contribution in [2.45, 2.75) is 222 Å². The van der Waals surface area contributed by atoms with E-state index in [1.165, 1.54) is 132 Å². The van der Waals surface area contributed by atoms with Crippen molar-refractivity contribution in [2.24, 2.45) is 0 Å². The van der Waals surface area contributed by atoms with Crippen LogP contribution in [0.5, 0.6) is 0 Å². The van der Waals surface area contributed by atoms with Crippen molar-refractivity contribution in [2.75, 3.05) is 0 Å². The van der Waals surface area contributed by atoms with Gasteiger partial charge in [-0.15, -0.1) is 34.4 Å². The summed E-state index contributed by atoms with van der Waals surface area (Å²) in [5.41, 5.74) is 23.0. The average Bonchev–Trinajstić information content (AvgIpc) is 0.767. The molecular weight excluding hydrogens is 1450 g/mol. The van der Waals surface area contributed by atoms with Gasteiger partial charge in [-0.3, -0.25) is 0 Å². The maximum absolute atomic E-state index is 3.24. The van der Waals surface area contributed by atoms with Crippen LogP contribution in [0.15, 0.2) is 255 Å². The predicted molar refractivity (Wildman–Crippen MR) is 487 cm³/mol. The summed E-state index contributed by atoms with van der Waals surface area (Å²) in [6, 6.07) is 102. The first kappa shape index (κ1) is 107. The van der Waals surface area contributed by atoms with E-state index < -0.39 is 0 Å². The molecule has 0 atom stereocenters. The summed E-state index contributed by atoms with van der Waals surface area (Å²) in [5, 5.41) is 13.7. The van der Waals surface area contributed by atoms with Gasteiger partial charge in [0.15, 0.2) is 0 Å². The monoisotopic (exact) mass is 1590 g/mol. The van der Waals surface area contributed by atoms with Crippen LogP contribution in [-0.2, 0) is 65.4 Å². The molecule has 0 amide bonds. The van der Waals surface area contributed by atoms with Crippen LogP contribution >= 0.6 is 0 Å². The van der Waals surface area contributed by atoms with Crippen LogP contribution in [-0.4, -0.2) is 0 Å². The Bertz CT molecular complexity index is 4180. The molecule has 0 unspecified atom stereocenters. The summed E-state index contributed by atoms with van der Waals surface area (Å²) in [6.07, 6.45) is 0. The Morgan fingerprint density at radius 3 is 0.667 bits per heavy atom. The van der Waals surface area contributed by atoms with Crippen LogP contribution in [0.1, 0.15) is 203 Å². The molecule has 14 aromatic rings. The van der Waals surface area contributed by atoms with E-state index in [1.807, 2.05) is 149 Å². The van der Waals surface area contributed by atoms with E-state index in [1.54, 1.807) is 0 Å². The molecule has 0 saturated heterocycles. The van der Waals surface area contributed by atoms with E-state index >= 15 is 0 Å². The molecule has 2 heteroatoms. The summed E-state index contributed by atoms with van der Waals surface area (Å²) >= 11 is 0. The Morgan fingerprint density at radius 1 is 0.176 bits per heavy atom. The second kappa shape index (κ2) is 64.4. The zero-order valence-electron chi connectivity index (χ0n) is 73.4. The Hall–Kier alpha value is -7.41. The standard InChI is InChI=1S/C16H14.2C14H12.3C12H12.C8H10.9C2H6.2Y/c1-11-13-7-3-5-9-15(13)12(2)16-10-6-4-8-14(11)16;1-11-3-7-13(8-4-11)14-9-5-12(2)6-10-14;1-11-5-3-7-13(9-11)14-8-4-6-12(2)10-14;1-9-3-5-12-8-10(2)4-6-11(12)7-9;1-9-5-3-8-12-10(2)6-4-7-11(9)12;1-9-7-8-10(2)12-6-4-3-5-11(9)12;1-7-3-5-8(2)6-4-7;9*1-2;;/h3-10H,1-2H3;3-7,9H,1-2H3;3-6,9-10H,1-2H3;3*3-8H,1-2H3;3-6H,1-2H3;9*1-2H3;;/q;2*-2;;;;;;;;;;;;;;;. The van der Waals surface area contributed by atoms with Gasteiger partial charge < -0.3 is 0 Å². The fourth-order valence-electron chi connectivity index (χ4n) is 10.7. The molecule has 14 aromatic carbocycles. The van der Waals surface area contributed by atoms with E-state index in [0.29, 0.717) is 0 Å². The van der Waals surface area contributed by atoms with Crippen LogP contribution in [0.3, 0.4) is 0 Å². The first-order chi connectivity index (χ1) is 51.4. The number of hydrogen-bond donors (Lipinski definition) is 0. The number of benzene rings is 14. The van der Waals surface area contributed by atoms with Crippen LogP contribution in [0.4, 0.5) is 0 Å². The molecule has 108 heavy (non-hydrogen) atoms. The van der Waals surface area contributed by atoms with Gasteiger partial charge in [-0.2, -0.15) is 84.9 Å². The minimum Gasteiger partial charge on any atom is -0.226 e. The third kappa shape index (κ3) is 37.3. The van der Waals surface area contributed by atoms with Crippen molar-refractivity contribution in [1.82, 2.24) is 0 Å². The maximum Gasteiger partial charge on any atom is 0 e. The molecule has 0 spiro atoms. The summed E-state index contributed by atoms with van der Waals surface area (Å²) in [7, 11) is 0. The molecule has 0 fully saturated rings. The van der Waals surface area contributed by atoms with Gasteiger partial charge in [-0.1, -0.05) is 357 Å². The van der Waals surface area contributed by atoms with Crippen LogP contribution in [0.25, 0.3) is 76.1 Å². The molecule has 0 heterocycles. The first-order valence-corrected chi connectivity index (χ1v) is 39.6. The fraction of sp³-hybridized carbons (Fsp3) is 0.302. The van der Waals surface area contributed by atoms with Crippen molar-refractivity contribution in [3.8, 4) is 22.3 Å². The van der Waals surface area contributed by atoms with Gasteiger partial charge in [0.25, 0.3) is 0 Å². The Balaban J connectivity index is -0.000000565. The van der Waals surface area contributed by atoms with Crippen molar-refractivity contribution >= 4 is 53.9 Å². The van der Waals surface area contributed by atoms with Crippen LogP contribution in [0.2, 0.25) is 0 Å². The van der Waals surface area contributed by atoms with Gasteiger partial charge in [-0.25, -0.2) is 22.3 Å². The molecule has 0 aromatic heterocycles. The van der Waals surface area contributed by atoms with Crippen molar-refractivity contribution < 1.29 is 65.4 Å². The third-order valence-corrected chi connectivity index (χ3v) is 16.0. The second-order valence-electron chi connectivity index (χ2n) is 23.5. The van der Waals surface area contributed by atoms with Crippen LogP contribution < -0.4 is 0 Å². The normalized spacial score (nSPS) is 8.96. The van der Waals surface area contributed by atoms with E-state index in [9.17, 15) is 0 Å². The Labute approximate surface area is 713 Å². The molecule has 0 aliphatic carbocycles. The molecule has 0 nitrogen and oxygen atoms in total. The topological polar surface area (TPSA) is 0 Å². The third-order valence-electron chi connectivity index (χ3n) is 16.0. The number of fused-ring (bicyclic) bond motifs is 5. The zero-order chi connectivity index (χ0) is 80.7. The SMILES string of the molecule is CC.CC.CC.CC.CC.CC.CC.CC.CC.Cc1c2ccccc2c(C)c2ccccc12.Cc1c[c-]c(-c2[c-]cc(C)cc2)cc1.Cc1cc[c-]c(-c2[c-]ccc(C)c2)c1.Cc1ccc(C)c2ccccc12.Cc1ccc(C)cc1.Cc1ccc2cc(C)ccc2c1.Cc1cccc2c(C)cccc12.[Y].[Y]. The van der Waals surface area contributed by atoms with Gasteiger partial charge in [0, 0.05) is 65.4 Å². The van der Waals surface area contributed by atoms with Gasteiger partial charge in [0.2, 0.25) is 0 Å². The summed E-state index contributed by atoms with van der Waals surface area (Å²) < 4.78 is 0. The fourth-order valence-corrected chi connectivity index (χ4v) is 10.7. The van der Waals surface area contributed by atoms with Crippen LogP contribution in [0, 0.1) is 121 Å². The second-order valence-corrected chi connectivity index (χ2v) is 23.5. The largest absolute Gasteiger partial charge is 0.226 e. The molecule has 0 aliphatic rings. The summed E-state index contributed by atoms with van der Waals surface area (Å²) in [5.74, 6) is 0. The number of hydrogen-bond acceptors (Lipinski definition) is 0. The Morgan fingerprint density at radius 2 is 0.407 bits per heavy atom. The van der Waals surface area contributed by atoms with E-state index in [0.717, 1.165) is 22.3 Å². The molecule has 14 rings (SSSR count). The molecule has 0 aliphatic heterocycles. The van der Waals surface area contributed by atoms with E-state index in [2.05, 4.69) is 352 Å². The smallest absolute Gasteiger partial charge is 0 e. The predicted octanol–water partition coefficient (Wildman–Crippen LogP) is 33.7.